The van der Waals surface area contributed by atoms with Gasteiger partial charge in [-0.1, -0.05) is 67.1 Å². The molecule has 0 amide bonds. The minimum atomic E-state index is 0.582. The molecule has 2 N–H and O–H groups in total. The van der Waals surface area contributed by atoms with Crippen molar-refractivity contribution in [2.24, 2.45) is 0 Å². The lowest BCUT2D eigenvalue weighted by Crippen LogP contribution is -2.05. The summed E-state index contributed by atoms with van der Waals surface area (Å²) in [5, 5.41) is 15.3. The zero-order chi connectivity index (χ0) is 27.1. The fraction of sp³-hybridized carbons (Fsp3) is 0.258. The number of tetrazole rings is 1. The molecule has 0 aliphatic heterocycles. The van der Waals surface area contributed by atoms with Gasteiger partial charge in [0.05, 0.1) is 16.2 Å². The second-order valence-corrected chi connectivity index (χ2v) is 10.8. The molecule has 0 saturated heterocycles. The van der Waals surface area contributed by atoms with Gasteiger partial charge in [0.2, 0.25) is 5.82 Å². The van der Waals surface area contributed by atoms with Crippen molar-refractivity contribution in [2.45, 2.75) is 52.0 Å². The fourth-order valence-electron chi connectivity index (χ4n) is 5.73. The summed E-state index contributed by atoms with van der Waals surface area (Å²) >= 11 is 6.84. The van der Waals surface area contributed by atoms with Gasteiger partial charge in [-0.3, -0.25) is 0 Å². The van der Waals surface area contributed by atoms with E-state index in [1.165, 1.54) is 29.8 Å². The molecule has 8 nitrogen and oxygen atoms in total. The summed E-state index contributed by atoms with van der Waals surface area (Å²) in [6, 6.07) is 20.9. The quantitative estimate of drug-likeness (QED) is 0.228. The highest BCUT2D eigenvalue weighted by Crippen LogP contribution is 2.33. The van der Waals surface area contributed by atoms with Gasteiger partial charge in [-0.05, 0) is 66.1 Å². The van der Waals surface area contributed by atoms with Crippen molar-refractivity contribution in [3.05, 3.63) is 88.5 Å². The lowest BCUT2D eigenvalue weighted by atomic mass is 9.98. The molecule has 6 aromatic rings. The number of nitrogens with one attached hydrogen (secondary N) is 2. The maximum absolute atomic E-state index is 6.84. The summed E-state index contributed by atoms with van der Waals surface area (Å²) in [5.74, 6) is 2.52. The number of benzene rings is 3. The lowest BCUT2D eigenvalue weighted by Gasteiger charge is -2.12. The number of rotatable bonds is 7. The molecular formula is C31H29ClN8. The molecule has 1 aliphatic carbocycles. The third kappa shape index (κ3) is 4.48. The van der Waals surface area contributed by atoms with E-state index >= 15 is 0 Å². The molecule has 9 heteroatoms. The number of hydrogen-bond donors (Lipinski definition) is 2. The molecule has 3 heterocycles. The van der Waals surface area contributed by atoms with E-state index in [1.54, 1.807) is 0 Å². The first-order chi connectivity index (χ1) is 19.7. The molecule has 0 bridgehead atoms. The molecule has 0 atom stereocenters. The van der Waals surface area contributed by atoms with Gasteiger partial charge in [0.15, 0.2) is 0 Å². The summed E-state index contributed by atoms with van der Waals surface area (Å²) in [6.07, 6.45) is 6.40. The zero-order valence-corrected chi connectivity index (χ0v) is 23.0. The van der Waals surface area contributed by atoms with E-state index in [0.29, 0.717) is 17.4 Å². The highest BCUT2D eigenvalue weighted by molar-refractivity contribution is 6.35. The van der Waals surface area contributed by atoms with Crippen LogP contribution in [0.5, 0.6) is 0 Å². The molecule has 3 aromatic heterocycles. The summed E-state index contributed by atoms with van der Waals surface area (Å²) in [5.41, 5.74) is 9.63. The molecule has 3 aromatic carbocycles. The molecule has 0 saturated carbocycles. The van der Waals surface area contributed by atoms with Crippen molar-refractivity contribution in [3.8, 4) is 33.9 Å². The Morgan fingerprint density at radius 1 is 0.925 bits per heavy atom. The Bertz CT molecular complexity index is 1770. The number of hydrogen-bond acceptors (Lipinski definition) is 5. The first-order valence-corrected chi connectivity index (χ1v) is 14.2. The van der Waals surface area contributed by atoms with Crippen LogP contribution in [-0.4, -0.2) is 40.1 Å². The van der Waals surface area contributed by atoms with Gasteiger partial charge < -0.3 is 9.55 Å². The van der Waals surface area contributed by atoms with E-state index < -0.39 is 0 Å². The number of aryl methyl sites for hydroxylation is 3. The van der Waals surface area contributed by atoms with Crippen LogP contribution in [0.4, 0.5) is 0 Å². The van der Waals surface area contributed by atoms with Gasteiger partial charge in [-0.2, -0.15) is 5.21 Å². The third-order valence-electron chi connectivity index (χ3n) is 7.71. The number of imidazole rings is 2. The van der Waals surface area contributed by atoms with Gasteiger partial charge in [-0.25, -0.2) is 9.97 Å². The van der Waals surface area contributed by atoms with Crippen molar-refractivity contribution in [1.82, 2.24) is 40.1 Å². The van der Waals surface area contributed by atoms with E-state index in [0.717, 1.165) is 70.6 Å². The van der Waals surface area contributed by atoms with E-state index in [-0.39, 0.29) is 0 Å². The van der Waals surface area contributed by atoms with Crippen molar-refractivity contribution < 1.29 is 0 Å². The highest BCUT2D eigenvalue weighted by atomic mass is 35.5. The third-order valence-corrected chi connectivity index (χ3v) is 8.00. The van der Waals surface area contributed by atoms with E-state index in [1.807, 2.05) is 24.3 Å². The average molecular weight is 549 g/mol. The number of aromatic amines is 2. The SMILES string of the molecule is CCCc1nc2c(Cl)cc(-c3nc4c([nH]3)CCCC4)cc2n1Cc1ccc(-c2ccccc2-c2nn[nH]n2)cc1. The van der Waals surface area contributed by atoms with Crippen LogP contribution in [0.15, 0.2) is 60.7 Å². The van der Waals surface area contributed by atoms with Crippen molar-refractivity contribution in [3.63, 3.8) is 0 Å². The number of nitrogens with zero attached hydrogens (tertiary/aromatic N) is 6. The van der Waals surface area contributed by atoms with Gasteiger partial charge in [0.1, 0.15) is 17.2 Å². The van der Waals surface area contributed by atoms with Crippen molar-refractivity contribution >= 4 is 22.6 Å². The first-order valence-electron chi connectivity index (χ1n) is 13.9. The monoisotopic (exact) mass is 548 g/mol. The molecule has 0 spiro atoms. The van der Waals surface area contributed by atoms with Crippen LogP contribution in [0.2, 0.25) is 5.02 Å². The van der Waals surface area contributed by atoms with Crippen molar-refractivity contribution in [1.29, 1.82) is 0 Å². The summed E-state index contributed by atoms with van der Waals surface area (Å²) in [6.45, 7) is 2.88. The Kier molecular flexibility index (Phi) is 6.40. The van der Waals surface area contributed by atoms with Gasteiger partial charge in [0, 0.05) is 29.8 Å². The van der Waals surface area contributed by atoms with Crippen LogP contribution in [-0.2, 0) is 25.8 Å². The van der Waals surface area contributed by atoms with E-state index in [2.05, 4.69) is 73.5 Å². The summed E-state index contributed by atoms with van der Waals surface area (Å²) in [4.78, 5) is 13.5. The average Bonchev–Trinajstić information content (AvgIpc) is 3.74. The minimum absolute atomic E-state index is 0.582. The number of H-pyrrole nitrogens is 2. The maximum Gasteiger partial charge on any atom is 0.205 e. The second kappa shape index (κ2) is 10.4. The Hall–Kier alpha value is -4.30. The number of fused-ring (bicyclic) bond motifs is 2. The standard InChI is InChI=1S/C31H29ClN8/c1-2-7-28-35-29-24(32)16-21(30-33-25-10-5-6-11-26(25)34-30)17-27(29)40(28)18-19-12-14-20(15-13-19)22-8-3-4-9-23(22)31-36-38-39-37-31/h3-4,8-9,12-17H,2,5-7,10-11,18H2,1H3,(H,33,34)(H,36,37,38,39). The fourth-order valence-corrected chi connectivity index (χ4v) is 5.98. The number of halogens is 1. The molecule has 0 unspecified atom stereocenters. The highest BCUT2D eigenvalue weighted by Gasteiger charge is 2.19. The Morgan fingerprint density at radius 2 is 1.75 bits per heavy atom. The molecule has 0 radical (unpaired) electrons. The predicted octanol–water partition coefficient (Wildman–Crippen LogP) is 6.81. The molecular weight excluding hydrogens is 520 g/mol. The van der Waals surface area contributed by atoms with E-state index in [9.17, 15) is 0 Å². The van der Waals surface area contributed by atoms with Crippen molar-refractivity contribution in [2.75, 3.05) is 0 Å². The smallest absolute Gasteiger partial charge is 0.205 e. The molecule has 40 heavy (non-hydrogen) atoms. The zero-order valence-electron chi connectivity index (χ0n) is 22.3. The molecule has 0 fully saturated rings. The van der Waals surface area contributed by atoms with Crippen LogP contribution in [0.25, 0.3) is 44.9 Å². The lowest BCUT2D eigenvalue weighted by molar-refractivity contribution is 0.667. The van der Waals surface area contributed by atoms with Crippen LogP contribution in [0, 0.1) is 0 Å². The normalized spacial score (nSPS) is 13.2. The van der Waals surface area contributed by atoms with Crippen LogP contribution in [0.3, 0.4) is 0 Å². The predicted molar refractivity (Wildman–Crippen MR) is 157 cm³/mol. The van der Waals surface area contributed by atoms with E-state index in [4.69, 9.17) is 21.6 Å². The molecule has 7 rings (SSSR count). The van der Waals surface area contributed by atoms with Gasteiger partial charge in [0.25, 0.3) is 0 Å². The van der Waals surface area contributed by atoms with Crippen LogP contribution < -0.4 is 0 Å². The van der Waals surface area contributed by atoms with Gasteiger partial charge in [-0.15, -0.1) is 10.2 Å². The molecule has 1 aliphatic rings. The topological polar surface area (TPSA) is 101 Å². The Morgan fingerprint density at radius 3 is 2.52 bits per heavy atom. The van der Waals surface area contributed by atoms with Crippen LogP contribution in [0.1, 0.15) is 49.0 Å². The Balaban J connectivity index is 1.25. The first kappa shape index (κ1) is 24.7. The molecule has 200 valence electrons. The van der Waals surface area contributed by atoms with Gasteiger partial charge >= 0.3 is 0 Å². The summed E-state index contributed by atoms with van der Waals surface area (Å²) < 4.78 is 2.30. The maximum atomic E-state index is 6.84. The Labute approximate surface area is 236 Å². The largest absolute Gasteiger partial charge is 0.342 e. The summed E-state index contributed by atoms with van der Waals surface area (Å²) in [7, 11) is 0. The second-order valence-electron chi connectivity index (χ2n) is 10.4. The minimum Gasteiger partial charge on any atom is -0.342 e. The number of aromatic nitrogens is 8. The van der Waals surface area contributed by atoms with Crippen LogP contribution >= 0.6 is 11.6 Å².